The number of benzene rings is 2. The zero-order valence-corrected chi connectivity index (χ0v) is 16.4. The molecule has 0 atom stereocenters. The Bertz CT molecular complexity index is 907. The fourth-order valence-electron chi connectivity index (χ4n) is 3.11. The number of carbonyl (C=O) groups excluding carboxylic acids is 1. The standard InChI is InChI=1S/C20H20ClN3O2S/c21-16-6-2-1-5-15(16)19(25)24(10-9-23-11-13-26-14-12-23)20-22-17-7-3-4-8-18(17)27-20/h1-8H,9-14H2. The van der Waals surface area contributed by atoms with Crippen molar-refractivity contribution in [3.63, 3.8) is 0 Å². The SMILES string of the molecule is O=C(c1ccccc1Cl)N(CCN1CCOCC1)c1nc2ccccc2s1. The lowest BCUT2D eigenvalue weighted by molar-refractivity contribution is 0.0391. The summed E-state index contributed by atoms with van der Waals surface area (Å²) in [6.07, 6.45) is 0. The Balaban J connectivity index is 1.63. The highest BCUT2D eigenvalue weighted by Gasteiger charge is 2.24. The highest BCUT2D eigenvalue weighted by Crippen LogP contribution is 2.30. The van der Waals surface area contributed by atoms with E-state index in [0.29, 0.717) is 22.3 Å². The molecule has 2 aromatic carbocycles. The third-order valence-corrected chi connectivity index (χ3v) is 6.00. The molecule has 0 aliphatic carbocycles. The Morgan fingerprint density at radius 1 is 1.15 bits per heavy atom. The van der Waals surface area contributed by atoms with E-state index in [-0.39, 0.29) is 5.91 Å². The molecular weight excluding hydrogens is 382 g/mol. The predicted molar refractivity (Wildman–Crippen MR) is 110 cm³/mol. The van der Waals surface area contributed by atoms with Crippen molar-refractivity contribution in [1.82, 2.24) is 9.88 Å². The average Bonchev–Trinajstić information content (AvgIpc) is 3.13. The first-order valence-corrected chi connectivity index (χ1v) is 10.1. The summed E-state index contributed by atoms with van der Waals surface area (Å²) in [7, 11) is 0. The topological polar surface area (TPSA) is 45.7 Å². The lowest BCUT2D eigenvalue weighted by atomic mass is 10.2. The fraction of sp³-hybridized carbons (Fsp3) is 0.300. The summed E-state index contributed by atoms with van der Waals surface area (Å²) >= 11 is 7.82. The number of nitrogens with zero attached hydrogens (tertiary/aromatic N) is 3. The number of halogens is 1. The first-order valence-electron chi connectivity index (χ1n) is 8.94. The summed E-state index contributed by atoms with van der Waals surface area (Å²) in [5.74, 6) is -0.118. The Morgan fingerprint density at radius 3 is 2.67 bits per heavy atom. The van der Waals surface area contributed by atoms with Gasteiger partial charge in [-0.3, -0.25) is 14.6 Å². The van der Waals surface area contributed by atoms with Gasteiger partial charge >= 0.3 is 0 Å². The molecule has 1 aliphatic rings. The maximum Gasteiger partial charge on any atom is 0.261 e. The highest BCUT2D eigenvalue weighted by molar-refractivity contribution is 7.22. The molecule has 3 aromatic rings. The number of amides is 1. The minimum atomic E-state index is -0.118. The van der Waals surface area contributed by atoms with Crippen LogP contribution < -0.4 is 4.90 Å². The molecule has 5 nitrogen and oxygen atoms in total. The van der Waals surface area contributed by atoms with Crippen molar-refractivity contribution in [2.75, 3.05) is 44.3 Å². The van der Waals surface area contributed by atoms with Crippen molar-refractivity contribution in [3.05, 3.63) is 59.1 Å². The second-order valence-electron chi connectivity index (χ2n) is 6.35. The molecule has 140 valence electrons. The van der Waals surface area contributed by atoms with E-state index in [1.54, 1.807) is 17.0 Å². The van der Waals surface area contributed by atoms with Crippen molar-refractivity contribution in [1.29, 1.82) is 0 Å². The molecule has 2 heterocycles. The minimum Gasteiger partial charge on any atom is -0.379 e. The van der Waals surface area contributed by atoms with Crippen LogP contribution in [0.4, 0.5) is 5.13 Å². The molecule has 1 saturated heterocycles. The number of aromatic nitrogens is 1. The monoisotopic (exact) mass is 401 g/mol. The summed E-state index contributed by atoms with van der Waals surface area (Å²) < 4.78 is 6.48. The number of hydrogen-bond acceptors (Lipinski definition) is 5. The number of ether oxygens (including phenoxy) is 1. The second kappa shape index (κ2) is 8.35. The zero-order chi connectivity index (χ0) is 18.6. The summed E-state index contributed by atoms with van der Waals surface area (Å²) in [6, 6.07) is 15.1. The van der Waals surface area contributed by atoms with Gasteiger partial charge in [0.2, 0.25) is 0 Å². The molecule has 27 heavy (non-hydrogen) atoms. The number of rotatable bonds is 5. The van der Waals surface area contributed by atoms with Gasteiger partial charge in [-0.15, -0.1) is 0 Å². The van der Waals surface area contributed by atoms with Gasteiger partial charge in [0.25, 0.3) is 5.91 Å². The van der Waals surface area contributed by atoms with Crippen molar-refractivity contribution < 1.29 is 9.53 Å². The number of carbonyl (C=O) groups is 1. The smallest absolute Gasteiger partial charge is 0.261 e. The van der Waals surface area contributed by atoms with Crippen LogP contribution in [0.15, 0.2) is 48.5 Å². The Kier molecular flexibility index (Phi) is 5.69. The summed E-state index contributed by atoms with van der Waals surface area (Å²) in [4.78, 5) is 22.0. The van der Waals surface area contributed by atoms with Gasteiger partial charge in [-0.25, -0.2) is 4.98 Å². The molecule has 1 aliphatic heterocycles. The first-order chi connectivity index (χ1) is 13.2. The van der Waals surface area contributed by atoms with Crippen LogP contribution in [0.5, 0.6) is 0 Å². The van der Waals surface area contributed by atoms with Crippen LogP contribution >= 0.6 is 22.9 Å². The van der Waals surface area contributed by atoms with Gasteiger partial charge in [-0.1, -0.05) is 47.2 Å². The Labute approximate surface area is 167 Å². The van der Waals surface area contributed by atoms with Crippen molar-refractivity contribution >= 4 is 44.2 Å². The van der Waals surface area contributed by atoms with E-state index in [9.17, 15) is 4.79 Å². The van der Waals surface area contributed by atoms with Crippen LogP contribution in [-0.2, 0) is 4.74 Å². The van der Waals surface area contributed by atoms with Crippen LogP contribution in [0.1, 0.15) is 10.4 Å². The average molecular weight is 402 g/mol. The molecule has 0 bridgehead atoms. The van der Waals surface area contributed by atoms with Crippen LogP contribution in [0.3, 0.4) is 0 Å². The predicted octanol–water partition coefficient (Wildman–Crippen LogP) is 3.93. The van der Waals surface area contributed by atoms with Gasteiger partial charge in [-0.05, 0) is 24.3 Å². The molecule has 1 fully saturated rings. The molecule has 0 N–H and O–H groups in total. The van der Waals surface area contributed by atoms with E-state index in [1.807, 2.05) is 36.4 Å². The summed E-state index contributed by atoms with van der Waals surface area (Å²) in [5, 5.41) is 1.16. The van der Waals surface area contributed by atoms with Crippen LogP contribution in [0, 0.1) is 0 Å². The van der Waals surface area contributed by atoms with Crippen LogP contribution in [0.25, 0.3) is 10.2 Å². The number of morpholine rings is 1. The number of hydrogen-bond donors (Lipinski definition) is 0. The minimum absolute atomic E-state index is 0.118. The molecular formula is C20H20ClN3O2S. The largest absolute Gasteiger partial charge is 0.379 e. The van der Waals surface area contributed by atoms with Gasteiger partial charge in [0.1, 0.15) is 0 Å². The lowest BCUT2D eigenvalue weighted by Gasteiger charge is -2.29. The maximum atomic E-state index is 13.3. The molecule has 1 amide bonds. The number of thiazole rings is 1. The van der Waals surface area contributed by atoms with Gasteiger partial charge in [-0.2, -0.15) is 0 Å². The van der Waals surface area contributed by atoms with Crippen molar-refractivity contribution in [2.45, 2.75) is 0 Å². The van der Waals surface area contributed by atoms with E-state index in [1.165, 1.54) is 11.3 Å². The highest BCUT2D eigenvalue weighted by atomic mass is 35.5. The first kappa shape index (κ1) is 18.4. The van der Waals surface area contributed by atoms with E-state index >= 15 is 0 Å². The number of anilines is 1. The van der Waals surface area contributed by atoms with Gasteiger partial charge in [0.05, 0.1) is 34.0 Å². The Hall–Kier alpha value is -1.99. The molecule has 4 rings (SSSR count). The van der Waals surface area contributed by atoms with E-state index < -0.39 is 0 Å². The maximum absolute atomic E-state index is 13.3. The van der Waals surface area contributed by atoms with Gasteiger partial charge in [0.15, 0.2) is 5.13 Å². The van der Waals surface area contributed by atoms with Crippen molar-refractivity contribution in [3.8, 4) is 0 Å². The number of para-hydroxylation sites is 1. The summed E-state index contributed by atoms with van der Waals surface area (Å²) in [5.41, 5.74) is 1.40. The van der Waals surface area contributed by atoms with Crippen LogP contribution in [0.2, 0.25) is 5.02 Å². The lowest BCUT2D eigenvalue weighted by Crippen LogP contribution is -2.43. The molecule has 0 radical (unpaired) electrons. The van der Waals surface area contributed by atoms with Gasteiger partial charge < -0.3 is 4.74 Å². The third-order valence-electron chi connectivity index (χ3n) is 4.61. The van der Waals surface area contributed by atoms with Crippen LogP contribution in [-0.4, -0.2) is 55.2 Å². The third kappa shape index (κ3) is 4.14. The molecule has 7 heteroatoms. The second-order valence-corrected chi connectivity index (χ2v) is 7.77. The molecule has 0 spiro atoms. The zero-order valence-electron chi connectivity index (χ0n) is 14.8. The van der Waals surface area contributed by atoms with E-state index in [0.717, 1.165) is 43.1 Å². The van der Waals surface area contributed by atoms with E-state index in [2.05, 4.69) is 4.90 Å². The fourth-order valence-corrected chi connectivity index (χ4v) is 4.31. The number of fused-ring (bicyclic) bond motifs is 1. The molecule has 1 aromatic heterocycles. The molecule has 0 saturated carbocycles. The van der Waals surface area contributed by atoms with E-state index in [4.69, 9.17) is 21.3 Å². The van der Waals surface area contributed by atoms with Gasteiger partial charge in [0, 0.05) is 26.2 Å². The normalized spacial score (nSPS) is 15.1. The quantitative estimate of drug-likeness (QED) is 0.649. The Morgan fingerprint density at radius 2 is 1.89 bits per heavy atom. The molecule has 0 unspecified atom stereocenters. The van der Waals surface area contributed by atoms with Crippen molar-refractivity contribution in [2.24, 2.45) is 0 Å². The summed E-state index contributed by atoms with van der Waals surface area (Å²) in [6.45, 7) is 4.57.